The first kappa shape index (κ1) is 11.7. The highest BCUT2D eigenvalue weighted by Gasteiger charge is 2.15. The quantitative estimate of drug-likeness (QED) is 0.535. The van der Waals surface area contributed by atoms with E-state index >= 15 is 0 Å². The van der Waals surface area contributed by atoms with Gasteiger partial charge in [0, 0.05) is 16.5 Å². The van der Waals surface area contributed by atoms with E-state index in [9.17, 15) is 4.79 Å². The first-order valence-electron chi connectivity index (χ1n) is 6.24. The number of hydrogen-bond donors (Lipinski definition) is 1. The molecule has 0 radical (unpaired) electrons. The molecule has 4 heteroatoms. The number of nitrogens with zero attached hydrogens (tertiary/aromatic N) is 1. The van der Waals surface area contributed by atoms with Gasteiger partial charge in [0.25, 0.3) is 0 Å². The van der Waals surface area contributed by atoms with Crippen LogP contribution in [0.2, 0.25) is 0 Å². The standard InChI is InChI=1S/C15H14N2O2/c1-3-10-8(2)12-9-6-4-5-7-11(9)19-15(18)13(12)14(16)17-10/h4-7H,3H2,1-2H3,(H2,16,17). The van der Waals surface area contributed by atoms with E-state index in [1.54, 1.807) is 6.07 Å². The van der Waals surface area contributed by atoms with Crippen LogP contribution in [0, 0.1) is 6.92 Å². The fourth-order valence-corrected chi connectivity index (χ4v) is 2.55. The average Bonchev–Trinajstić information content (AvgIpc) is 2.41. The average molecular weight is 254 g/mol. The van der Waals surface area contributed by atoms with Crippen LogP contribution >= 0.6 is 0 Å². The van der Waals surface area contributed by atoms with Crippen LogP contribution in [0.15, 0.2) is 33.5 Å². The minimum Gasteiger partial charge on any atom is -0.422 e. The molecule has 0 aliphatic rings. The second kappa shape index (κ2) is 4.09. The molecule has 19 heavy (non-hydrogen) atoms. The highest BCUT2D eigenvalue weighted by atomic mass is 16.4. The third kappa shape index (κ3) is 1.60. The lowest BCUT2D eigenvalue weighted by Crippen LogP contribution is -2.08. The van der Waals surface area contributed by atoms with Crippen LogP contribution in [-0.2, 0) is 6.42 Å². The second-order valence-electron chi connectivity index (χ2n) is 4.56. The summed E-state index contributed by atoms with van der Waals surface area (Å²) < 4.78 is 5.31. The molecule has 0 aliphatic heterocycles. The summed E-state index contributed by atoms with van der Waals surface area (Å²) in [6.45, 7) is 3.99. The predicted molar refractivity (Wildman–Crippen MR) is 76.3 cm³/mol. The van der Waals surface area contributed by atoms with Gasteiger partial charge < -0.3 is 10.2 Å². The molecule has 2 heterocycles. The molecule has 0 fully saturated rings. The van der Waals surface area contributed by atoms with Crippen molar-refractivity contribution in [3.05, 3.63) is 45.9 Å². The number of hydrogen-bond acceptors (Lipinski definition) is 4. The first-order chi connectivity index (χ1) is 9.13. The Bertz CT molecular complexity index is 850. The lowest BCUT2D eigenvalue weighted by Gasteiger charge is -2.10. The lowest BCUT2D eigenvalue weighted by atomic mass is 10.0. The van der Waals surface area contributed by atoms with Crippen molar-refractivity contribution in [2.24, 2.45) is 0 Å². The molecule has 0 spiro atoms. The Morgan fingerprint density at radius 3 is 2.74 bits per heavy atom. The van der Waals surface area contributed by atoms with Gasteiger partial charge in [-0.05, 0) is 25.0 Å². The molecule has 2 aromatic heterocycles. The van der Waals surface area contributed by atoms with E-state index in [2.05, 4.69) is 4.98 Å². The number of para-hydroxylation sites is 1. The number of pyridine rings is 1. The number of fused-ring (bicyclic) bond motifs is 3. The summed E-state index contributed by atoms with van der Waals surface area (Å²) in [7, 11) is 0. The molecule has 0 atom stereocenters. The van der Waals surface area contributed by atoms with Gasteiger partial charge in [-0.3, -0.25) is 0 Å². The van der Waals surface area contributed by atoms with E-state index in [1.807, 2.05) is 32.0 Å². The SMILES string of the molecule is CCc1nc(N)c2c(=O)oc3ccccc3c2c1C. The Balaban J connectivity index is 2.69. The zero-order valence-electron chi connectivity index (χ0n) is 10.9. The molecule has 0 saturated heterocycles. The molecule has 0 unspecified atom stereocenters. The van der Waals surface area contributed by atoms with Gasteiger partial charge in [-0.2, -0.15) is 0 Å². The van der Waals surface area contributed by atoms with Gasteiger partial charge in [-0.15, -0.1) is 0 Å². The van der Waals surface area contributed by atoms with Gasteiger partial charge >= 0.3 is 5.63 Å². The topological polar surface area (TPSA) is 69.1 Å². The van der Waals surface area contributed by atoms with Gasteiger partial charge in [-0.25, -0.2) is 9.78 Å². The van der Waals surface area contributed by atoms with E-state index < -0.39 is 5.63 Å². The van der Waals surface area contributed by atoms with Crippen molar-refractivity contribution >= 4 is 27.6 Å². The normalized spacial score (nSPS) is 11.3. The van der Waals surface area contributed by atoms with E-state index in [4.69, 9.17) is 10.2 Å². The van der Waals surface area contributed by atoms with Crippen LogP contribution in [0.5, 0.6) is 0 Å². The monoisotopic (exact) mass is 254 g/mol. The van der Waals surface area contributed by atoms with Crippen LogP contribution in [-0.4, -0.2) is 4.98 Å². The summed E-state index contributed by atoms with van der Waals surface area (Å²) in [5.74, 6) is 0.247. The number of aryl methyl sites for hydroxylation is 2. The minimum atomic E-state index is -0.426. The van der Waals surface area contributed by atoms with Crippen LogP contribution < -0.4 is 11.4 Å². The molecule has 0 aliphatic carbocycles. The summed E-state index contributed by atoms with van der Waals surface area (Å²) in [5, 5.41) is 2.14. The molecule has 2 N–H and O–H groups in total. The fraction of sp³-hybridized carbons (Fsp3) is 0.200. The number of nitrogen functional groups attached to an aromatic ring is 1. The van der Waals surface area contributed by atoms with Crippen LogP contribution in [0.3, 0.4) is 0 Å². The van der Waals surface area contributed by atoms with Gasteiger partial charge in [0.1, 0.15) is 16.8 Å². The van der Waals surface area contributed by atoms with Crippen molar-refractivity contribution in [1.82, 2.24) is 4.98 Å². The van der Waals surface area contributed by atoms with Gasteiger partial charge in [0.15, 0.2) is 0 Å². The molecule has 3 aromatic rings. The second-order valence-corrected chi connectivity index (χ2v) is 4.56. The minimum absolute atomic E-state index is 0.247. The maximum Gasteiger partial charge on any atom is 0.347 e. The summed E-state index contributed by atoms with van der Waals surface area (Å²) >= 11 is 0. The zero-order valence-corrected chi connectivity index (χ0v) is 10.9. The summed E-state index contributed by atoms with van der Waals surface area (Å²) in [6.07, 6.45) is 0.778. The Morgan fingerprint density at radius 1 is 1.26 bits per heavy atom. The van der Waals surface area contributed by atoms with Crippen molar-refractivity contribution in [3.63, 3.8) is 0 Å². The molecule has 0 amide bonds. The van der Waals surface area contributed by atoms with Crippen LogP contribution in [0.25, 0.3) is 21.7 Å². The largest absolute Gasteiger partial charge is 0.422 e. The number of benzene rings is 1. The maximum absolute atomic E-state index is 12.1. The molecule has 1 aromatic carbocycles. The number of aromatic nitrogens is 1. The molecule has 0 bridgehead atoms. The number of anilines is 1. The third-order valence-electron chi connectivity index (χ3n) is 3.47. The van der Waals surface area contributed by atoms with Crippen LogP contribution in [0.1, 0.15) is 18.2 Å². The van der Waals surface area contributed by atoms with Crippen molar-refractivity contribution in [2.75, 3.05) is 5.73 Å². The molecule has 3 rings (SSSR count). The van der Waals surface area contributed by atoms with Gasteiger partial charge in [0.05, 0.1) is 0 Å². The lowest BCUT2D eigenvalue weighted by molar-refractivity contribution is 0.569. The van der Waals surface area contributed by atoms with E-state index in [0.717, 1.165) is 28.5 Å². The van der Waals surface area contributed by atoms with Crippen molar-refractivity contribution in [2.45, 2.75) is 20.3 Å². The molecular weight excluding hydrogens is 240 g/mol. The predicted octanol–water partition coefficient (Wildman–Crippen LogP) is 2.79. The Labute approximate surface area is 109 Å². The highest BCUT2D eigenvalue weighted by molar-refractivity contribution is 6.09. The fourth-order valence-electron chi connectivity index (χ4n) is 2.55. The van der Waals surface area contributed by atoms with Crippen molar-refractivity contribution in [3.8, 4) is 0 Å². The number of nitrogens with two attached hydrogens (primary N) is 1. The van der Waals surface area contributed by atoms with Crippen molar-refractivity contribution in [1.29, 1.82) is 0 Å². The summed E-state index contributed by atoms with van der Waals surface area (Å²) in [6, 6.07) is 7.49. The maximum atomic E-state index is 12.1. The van der Waals surface area contributed by atoms with E-state index in [-0.39, 0.29) is 5.82 Å². The van der Waals surface area contributed by atoms with Crippen LogP contribution in [0.4, 0.5) is 5.82 Å². The Morgan fingerprint density at radius 2 is 2.00 bits per heavy atom. The Hall–Kier alpha value is -2.36. The van der Waals surface area contributed by atoms with Gasteiger partial charge in [-0.1, -0.05) is 25.1 Å². The first-order valence-corrected chi connectivity index (χ1v) is 6.24. The summed E-state index contributed by atoms with van der Waals surface area (Å²) in [4.78, 5) is 16.4. The third-order valence-corrected chi connectivity index (χ3v) is 3.47. The molecule has 4 nitrogen and oxygen atoms in total. The molecule has 96 valence electrons. The highest BCUT2D eigenvalue weighted by Crippen LogP contribution is 2.29. The van der Waals surface area contributed by atoms with E-state index in [0.29, 0.717) is 11.0 Å². The Kier molecular flexibility index (Phi) is 2.52. The molecule has 0 saturated carbocycles. The van der Waals surface area contributed by atoms with Crippen molar-refractivity contribution < 1.29 is 4.42 Å². The smallest absolute Gasteiger partial charge is 0.347 e. The number of rotatable bonds is 1. The van der Waals surface area contributed by atoms with Gasteiger partial charge in [0.2, 0.25) is 0 Å². The molecular formula is C15H14N2O2. The van der Waals surface area contributed by atoms with E-state index in [1.165, 1.54) is 0 Å². The summed E-state index contributed by atoms with van der Waals surface area (Å²) in [5.41, 5.74) is 7.99. The zero-order chi connectivity index (χ0) is 13.6.